The Bertz CT molecular complexity index is 906. The zero-order chi connectivity index (χ0) is 20.3. The van der Waals surface area contributed by atoms with Crippen molar-refractivity contribution in [2.75, 3.05) is 42.1 Å². The first kappa shape index (κ1) is 19.7. The third kappa shape index (κ3) is 3.40. The van der Waals surface area contributed by atoms with Crippen molar-refractivity contribution in [2.45, 2.75) is 12.8 Å². The van der Waals surface area contributed by atoms with Crippen molar-refractivity contribution in [3.05, 3.63) is 46.2 Å². The van der Waals surface area contributed by atoms with Gasteiger partial charge >= 0.3 is 0 Å². The number of benzene rings is 2. The monoisotopic (exact) mass is 387 g/mol. The molecule has 2 aromatic carbocycles. The summed E-state index contributed by atoms with van der Waals surface area (Å²) in [6.07, 6.45) is 1.01. The molecule has 0 N–H and O–H groups in total. The molecule has 7 nitrogen and oxygen atoms in total. The summed E-state index contributed by atoms with van der Waals surface area (Å²) < 4.78 is 28.3. The molecule has 7 heteroatoms. The summed E-state index contributed by atoms with van der Waals surface area (Å²) in [4.78, 5) is 0. The van der Waals surface area contributed by atoms with E-state index in [1.54, 1.807) is 35.5 Å². The summed E-state index contributed by atoms with van der Waals surface area (Å²) in [6, 6.07) is 7.49. The van der Waals surface area contributed by atoms with E-state index in [0.29, 0.717) is 53.8 Å². The maximum atomic E-state index is 12.7. The van der Waals surface area contributed by atoms with Crippen molar-refractivity contribution in [3.63, 3.8) is 0 Å². The summed E-state index contributed by atoms with van der Waals surface area (Å²) in [5.74, 6) is 2.94. The van der Waals surface area contributed by atoms with Crippen molar-refractivity contribution >= 4 is 5.71 Å². The first-order chi connectivity index (χ1) is 13.6. The molecule has 1 aliphatic heterocycles. The van der Waals surface area contributed by atoms with Crippen LogP contribution in [-0.2, 0) is 12.8 Å². The summed E-state index contributed by atoms with van der Waals surface area (Å²) in [5.41, 5.74) is 3.34. The number of nitrogens with zero attached hydrogens (tertiary/aromatic N) is 1. The second-order valence-corrected chi connectivity index (χ2v) is 6.34. The number of hydrogen-bond donors (Lipinski definition) is 0. The van der Waals surface area contributed by atoms with Gasteiger partial charge in [-0.25, -0.2) is 4.74 Å². The van der Waals surface area contributed by atoms with Gasteiger partial charge in [0.1, 0.15) is 0 Å². The highest BCUT2D eigenvalue weighted by atomic mass is 16.5. The summed E-state index contributed by atoms with van der Waals surface area (Å²) >= 11 is 0. The van der Waals surface area contributed by atoms with Crippen LogP contribution in [-0.4, -0.2) is 52.5 Å². The van der Waals surface area contributed by atoms with E-state index in [2.05, 4.69) is 0 Å². The lowest BCUT2D eigenvalue weighted by molar-refractivity contribution is -0.459. The maximum Gasteiger partial charge on any atom is 0.203 e. The Balaban J connectivity index is 2.09. The molecule has 0 saturated carbocycles. The van der Waals surface area contributed by atoms with Crippen LogP contribution in [0.2, 0.25) is 0 Å². The Morgan fingerprint density at radius 2 is 1.50 bits per heavy atom. The zero-order valence-electron chi connectivity index (χ0n) is 16.8. The van der Waals surface area contributed by atoms with Crippen LogP contribution in [0.4, 0.5) is 0 Å². The molecule has 0 unspecified atom stereocenters. The third-order valence-corrected chi connectivity index (χ3v) is 4.93. The molecule has 0 aromatic heterocycles. The molecule has 0 radical (unpaired) electrons. The van der Waals surface area contributed by atoms with Gasteiger partial charge in [0.15, 0.2) is 35.3 Å². The lowest BCUT2D eigenvalue weighted by Gasteiger charge is -2.24. The third-order valence-electron chi connectivity index (χ3n) is 4.93. The van der Waals surface area contributed by atoms with Gasteiger partial charge in [0, 0.05) is 12.0 Å². The minimum Gasteiger partial charge on any atom is -0.624 e. The quantitative estimate of drug-likeness (QED) is 0.537. The molecule has 0 spiro atoms. The van der Waals surface area contributed by atoms with Crippen LogP contribution < -0.4 is 23.7 Å². The van der Waals surface area contributed by atoms with Crippen molar-refractivity contribution < 1.29 is 28.4 Å². The van der Waals surface area contributed by atoms with E-state index in [1.807, 2.05) is 24.3 Å². The minimum atomic E-state index is 0.349. The van der Waals surface area contributed by atoms with Crippen LogP contribution >= 0.6 is 0 Å². The number of hydroxylamine groups is 1. The minimum absolute atomic E-state index is 0.349. The molecular formula is C21H25NO6. The van der Waals surface area contributed by atoms with E-state index in [0.717, 1.165) is 21.4 Å². The molecule has 0 bridgehead atoms. The first-order valence-corrected chi connectivity index (χ1v) is 8.91. The number of methoxy groups -OCH3 is 5. The van der Waals surface area contributed by atoms with E-state index in [4.69, 9.17) is 23.7 Å². The van der Waals surface area contributed by atoms with Gasteiger partial charge in [-0.2, -0.15) is 0 Å². The number of fused-ring (bicyclic) bond motifs is 1. The molecule has 1 heterocycles. The fraction of sp³-hybridized carbons (Fsp3) is 0.381. The number of ether oxygens (including phenoxy) is 5. The molecule has 28 heavy (non-hydrogen) atoms. The van der Waals surface area contributed by atoms with Crippen molar-refractivity contribution in [1.29, 1.82) is 0 Å². The van der Waals surface area contributed by atoms with E-state index in [9.17, 15) is 5.21 Å². The van der Waals surface area contributed by atoms with Gasteiger partial charge < -0.3 is 28.9 Å². The van der Waals surface area contributed by atoms with Gasteiger partial charge in [-0.05, 0) is 23.8 Å². The van der Waals surface area contributed by atoms with E-state index >= 15 is 0 Å². The Morgan fingerprint density at radius 3 is 2.11 bits per heavy atom. The number of rotatable bonds is 7. The molecule has 0 aliphatic carbocycles. The van der Waals surface area contributed by atoms with E-state index in [-0.39, 0.29) is 0 Å². The molecule has 2 aromatic rings. The standard InChI is InChI=1S/C21H25NO6/c1-24-17-7-6-13(11-18(17)25-2)10-16-15-12-19(26-3)21(28-5)20(27-4)14(15)8-9-22(16)23/h6-7,11-12H,8-10H2,1-5H3. The lowest BCUT2D eigenvalue weighted by atomic mass is 9.92. The van der Waals surface area contributed by atoms with Crippen LogP contribution in [0.25, 0.3) is 0 Å². The summed E-state index contributed by atoms with van der Waals surface area (Å²) in [5, 5.41) is 12.7. The van der Waals surface area contributed by atoms with Gasteiger partial charge in [-0.3, -0.25) is 0 Å². The second kappa shape index (κ2) is 8.29. The van der Waals surface area contributed by atoms with Crippen LogP contribution in [0.15, 0.2) is 24.3 Å². The first-order valence-electron chi connectivity index (χ1n) is 8.91. The van der Waals surface area contributed by atoms with Crippen molar-refractivity contribution in [3.8, 4) is 28.7 Å². The van der Waals surface area contributed by atoms with E-state index in [1.165, 1.54) is 0 Å². The predicted octanol–water partition coefficient (Wildman–Crippen LogP) is 2.83. The Kier molecular flexibility index (Phi) is 5.82. The fourth-order valence-electron chi connectivity index (χ4n) is 3.57. The van der Waals surface area contributed by atoms with Crippen LogP contribution in [0, 0.1) is 5.21 Å². The Hall–Kier alpha value is -3.09. The average molecular weight is 387 g/mol. The van der Waals surface area contributed by atoms with Gasteiger partial charge in [0.05, 0.1) is 47.5 Å². The summed E-state index contributed by atoms with van der Waals surface area (Å²) in [6.45, 7) is 0.349. The largest absolute Gasteiger partial charge is 0.624 e. The maximum absolute atomic E-state index is 12.7. The van der Waals surface area contributed by atoms with Crippen LogP contribution in [0.5, 0.6) is 28.7 Å². The van der Waals surface area contributed by atoms with Gasteiger partial charge in [0.2, 0.25) is 5.75 Å². The second-order valence-electron chi connectivity index (χ2n) is 6.34. The molecular weight excluding hydrogens is 362 g/mol. The number of hydrogen-bond acceptors (Lipinski definition) is 6. The molecule has 3 rings (SSSR count). The highest BCUT2D eigenvalue weighted by Crippen LogP contribution is 2.43. The van der Waals surface area contributed by atoms with Crippen LogP contribution in [0.1, 0.15) is 16.7 Å². The van der Waals surface area contributed by atoms with E-state index < -0.39 is 0 Å². The fourth-order valence-corrected chi connectivity index (χ4v) is 3.57. The molecule has 1 aliphatic rings. The average Bonchev–Trinajstić information content (AvgIpc) is 2.73. The smallest absolute Gasteiger partial charge is 0.203 e. The Labute approximate surface area is 164 Å². The highest BCUT2D eigenvalue weighted by Gasteiger charge is 2.30. The summed E-state index contributed by atoms with van der Waals surface area (Å²) in [7, 11) is 7.91. The molecule has 150 valence electrons. The lowest BCUT2D eigenvalue weighted by Crippen LogP contribution is -2.28. The van der Waals surface area contributed by atoms with Crippen molar-refractivity contribution in [1.82, 2.24) is 0 Å². The van der Waals surface area contributed by atoms with Gasteiger partial charge in [0.25, 0.3) is 0 Å². The molecule has 0 fully saturated rings. The normalized spacial score (nSPS) is 13.0. The Morgan fingerprint density at radius 1 is 0.821 bits per heavy atom. The highest BCUT2D eigenvalue weighted by molar-refractivity contribution is 6.01. The SMILES string of the molecule is COc1ccc(CC2=[N+]([O-])CCc3c2cc(OC)c(OC)c3OC)cc1OC. The van der Waals surface area contributed by atoms with Gasteiger partial charge in [-0.1, -0.05) is 6.07 Å². The van der Waals surface area contributed by atoms with Crippen LogP contribution in [0.3, 0.4) is 0 Å². The molecule has 0 saturated heterocycles. The predicted molar refractivity (Wildman–Crippen MR) is 106 cm³/mol. The van der Waals surface area contributed by atoms with Gasteiger partial charge in [-0.15, -0.1) is 0 Å². The topological polar surface area (TPSA) is 72.2 Å². The molecule has 0 atom stereocenters. The van der Waals surface area contributed by atoms with Crippen molar-refractivity contribution in [2.24, 2.45) is 0 Å². The molecule has 0 amide bonds. The zero-order valence-corrected chi connectivity index (χ0v) is 16.8.